The summed E-state index contributed by atoms with van der Waals surface area (Å²) in [7, 11) is 1.76. The van der Waals surface area contributed by atoms with Crippen molar-refractivity contribution in [1.29, 1.82) is 0 Å². The Labute approximate surface area is 116 Å². The SMILES string of the molecule is COCCC(C)(C)CNCC1Cc2ccccc2O1. The van der Waals surface area contributed by atoms with Crippen molar-refractivity contribution >= 4 is 0 Å². The fourth-order valence-electron chi connectivity index (χ4n) is 2.41. The number of rotatable bonds is 7. The molecule has 1 unspecified atom stereocenters. The van der Waals surface area contributed by atoms with Crippen molar-refractivity contribution in [3.63, 3.8) is 0 Å². The maximum atomic E-state index is 5.92. The van der Waals surface area contributed by atoms with Gasteiger partial charge in [-0.3, -0.25) is 0 Å². The van der Waals surface area contributed by atoms with E-state index >= 15 is 0 Å². The Morgan fingerprint density at radius 3 is 2.89 bits per heavy atom. The molecule has 1 heterocycles. The normalized spacial score (nSPS) is 18.2. The lowest BCUT2D eigenvalue weighted by molar-refractivity contribution is 0.147. The smallest absolute Gasteiger partial charge is 0.123 e. The first kappa shape index (κ1) is 14.4. The van der Waals surface area contributed by atoms with Crippen molar-refractivity contribution in [2.45, 2.75) is 32.8 Å². The number of fused-ring (bicyclic) bond motifs is 1. The summed E-state index contributed by atoms with van der Waals surface area (Å²) >= 11 is 0. The highest BCUT2D eigenvalue weighted by Crippen LogP contribution is 2.28. The molecular formula is C16H25NO2. The molecule has 3 nitrogen and oxygen atoms in total. The molecule has 1 aliphatic heterocycles. The van der Waals surface area contributed by atoms with Crippen molar-refractivity contribution < 1.29 is 9.47 Å². The summed E-state index contributed by atoms with van der Waals surface area (Å²) < 4.78 is 11.1. The van der Waals surface area contributed by atoms with E-state index in [1.165, 1.54) is 5.56 Å². The van der Waals surface area contributed by atoms with Gasteiger partial charge in [0, 0.05) is 33.2 Å². The first-order valence-electron chi connectivity index (χ1n) is 7.05. The van der Waals surface area contributed by atoms with Crippen LogP contribution in [0.4, 0.5) is 0 Å². The van der Waals surface area contributed by atoms with Crippen LogP contribution in [0, 0.1) is 5.41 Å². The third-order valence-corrected chi connectivity index (χ3v) is 3.67. The molecule has 0 fully saturated rings. The largest absolute Gasteiger partial charge is 0.488 e. The van der Waals surface area contributed by atoms with E-state index in [-0.39, 0.29) is 11.5 Å². The molecule has 2 rings (SSSR count). The molecule has 1 aliphatic rings. The van der Waals surface area contributed by atoms with Crippen LogP contribution in [0.2, 0.25) is 0 Å². The zero-order chi connectivity index (χ0) is 13.7. The summed E-state index contributed by atoms with van der Waals surface area (Å²) in [5, 5.41) is 3.53. The average molecular weight is 263 g/mol. The molecule has 1 aromatic carbocycles. The van der Waals surface area contributed by atoms with Crippen LogP contribution in [0.5, 0.6) is 5.75 Å². The molecule has 3 heteroatoms. The third-order valence-electron chi connectivity index (χ3n) is 3.67. The van der Waals surface area contributed by atoms with Crippen molar-refractivity contribution in [2.75, 3.05) is 26.8 Å². The van der Waals surface area contributed by atoms with Crippen LogP contribution in [-0.2, 0) is 11.2 Å². The standard InChI is InChI=1S/C16H25NO2/c1-16(2,8-9-18-3)12-17-11-14-10-13-6-4-5-7-15(13)19-14/h4-7,14,17H,8-12H2,1-3H3. The summed E-state index contributed by atoms with van der Waals surface area (Å²) in [6.07, 6.45) is 2.36. The van der Waals surface area contributed by atoms with Crippen LogP contribution in [0.15, 0.2) is 24.3 Å². The maximum Gasteiger partial charge on any atom is 0.123 e. The zero-order valence-electron chi connectivity index (χ0n) is 12.2. The van der Waals surface area contributed by atoms with Crippen molar-refractivity contribution in [3.05, 3.63) is 29.8 Å². The van der Waals surface area contributed by atoms with Crippen LogP contribution < -0.4 is 10.1 Å². The molecule has 0 saturated heterocycles. The minimum absolute atomic E-state index is 0.265. The monoisotopic (exact) mass is 263 g/mol. The Hall–Kier alpha value is -1.06. The van der Waals surface area contributed by atoms with E-state index in [4.69, 9.17) is 9.47 Å². The molecule has 106 valence electrons. The number of nitrogens with one attached hydrogen (secondary N) is 1. The summed E-state index contributed by atoms with van der Waals surface area (Å²) in [5.41, 5.74) is 1.59. The number of benzene rings is 1. The van der Waals surface area contributed by atoms with E-state index < -0.39 is 0 Å². The molecule has 0 bridgehead atoms. The summed E-state index contributed by atoms with van der Waals surface area (Å²) in [6, 6.07) is 8.31. The lowest BCUT2D eigenvalue weighted by Crippen LogP contribution is -2.36. The molecule has 0 spiro atoms. The summed E-state index contributed by atoms with van der Waals surface area (Å²) in [4.78, 5) is 0. The number of methoxy groups -OCH3 is 1. The van der Waals surface area contributed by atoms with Crippen LogP contribution in [0.3, 0.4) is 0 Å². The molecule has 1 atom stereocenters. The fraction of sp³-hybridized carbons (Fsp3) is 0.625. The van der Waals surface area contributed by atoms with Crippen molar-refractivity contribution in [3.8, 4) is 5.75 Å². The van der Waals surface area contributed by atoms with E-state index in [0.29, 0.717) is 0 Å². The summed E-state index contributed by atoms with van der Waals surface area (Å²) in [5.74, 6) is 1.05. The van der Waals surface area contributed by atoms with Crippen molar-refractivity contribution in [2.24, 2.45) is 5.41 Å². The number of hydrogen-bond acceptors (Lipinski definition) is 3. The van der Waals surface area contributed by atoms with Crippen molar-refractivity contribution in [1.82, 2.24) is 5.32 Å². The van der Waals surface area contributed by atoms with E-state index in [1.807, 2.05) is 6.07 Å². The second-order valence-corrected chi connectivity index (χ2v) is 6.09. The van der Waals surface area contributed by atoms with Gasteiger partial charge in [0.15, 0.2) is 0 Å². The first-order valence-corrected chi connectivity index (χ1v) is 7.05. The van der Waals surface area contributed by atoms with Gasteiger partial charge in [-0.15, -0.1) is 0 Å². The Bertz CT molecular complexity index is 378. The Balaban J connectivity index is 1.71. The molecular weight excluding hydrogens is 238 g/mol. The molecule has 0 saturated carbocycles. The zero-order valence-corrected chi connectivity index (χ0v) is 12.2. The van der Waals surface area contributed by atoms with Crippen LogP contribution in [-0.4, -0.2) is 32.9 Å². The maximum absolute atomic E-state index is 5.92. The molecule has 19 heavy (non-hydrogen) atoms. The van der Waals surface area contributed by atoms with Gasteiger partial charge in [-0.25, -0.2) is 0 Å². The van der Waals surface area contributed by atoms with Gasteiger partial charge >= 0.3 is 0 Å². The lowest BCUT2D eigenvalue weighted by Gasteiger charge is -2.25. The van der Waals surface area contributed by atoms with Gasteiger partial charge in [0.2, 0.25) is 0 Å². The van der Waals surface area contributed by atoms with Gasteiger partial charge in [-0.1, -0.05) is 32.0 Å². The van der Waals surface area contributed by atoms with Gasteiger partial charge in [-0.2, -0.15) is 0 Å². The Kier molecular flexibility index (Phi) is 4.83. The molecule has 1 N–H and O–H groups in total. The van der Waals surface area contributed by atoms with Gasteiger partial charge in [0.05, 0.1) is 0 Å². The predicted molar refractivity (Wildman–Crippen MR) is 77.7 cm³/mol. The summed E-state index contributed by atoms with van der Waals surface area (Å²) in [6.45, 7) is 7.25. The first-order chi connectivity index (χ1) is 9.11. The molecule has 0 radical (unpaired) electrons. The predicted octanol–water partition coefficient (Wildman–Crippen LogP) is 2.64. The van der Waals surface area contributed by atoms with Crippen LogP contribution in [0.25, 0.3) is 0 Å². The second-order valence-electron chi connectivity index (χ2n) is 6.09. The van der Waals surface area contributed by atoms with Gasteiger partial charge < -0.3 is 14.8 Å². The number of para-hydroxylation sites is 1. The van der Waals surface area contributed by atoms with E-state index in [9.17, 15) is 0 Å². The highest BCUT2D eigenvalue weighted by atomic mass is 16.5. The number of ether oxygens (including phenoxy) is 2. The molecule has 0 aliphatic carbocycles. The van der Waals surface area contributed by atoms with Gasteiger partial charge in [0.1, 0.15) is 11.9 Å². The quantitative estimate of drug-likeness (QED) is 0.820. The van der Waals surface area contributed by atoms with E-state index in [1.54, 1.807) is 7.11 Å². The van der Waals surface area contributed by atoms with Gasteiger partial charge in [0.25, 0.3) is 0 Å². The van der Waals surface area contributed by atoms with E-state index in [2.05, 4.69) is 37.4 Å². The average Bonchev–Trinajstić information content (AvgIpc) is 2.78. The minimum atomic E-state index is 0.265. The lowest BCUT2D eigenvalue weighted by atomic mass is 9.89. The molecule has 0 amide bonds. The Morgan fingerprint density at radius 2 is 2.16 bits per heavy atom. The van der Waals surface area contributed by atoms with Crippen LogP contribution >= 0.6 is 0 Å². The Morgan fingerprint density at radius 1 is 1.37 bits per heavy atom. The van der Waals surface area contributed by atoms with E-state index in [0.717, 1.165) is 38.3 Å². The minimum Gasteiger partial charge on any atom is -0.488 e. The second kappa shape index (κ2) is 6.40. The topological polar surface area (TPSA) is 30.5 Å². The van der Waals surface area contributed by atoms with Crippen LogP contribution in [0.1, 0.15) is 25.8 Å². The molecule has 0 aromatic heterocycles. The third kappa shape index (κ3) is 4.22. The highest BCUT2D eigenvalue weighted by Gasteiger charge is 2.23. The fourth-order valence-corrected chi connectivity index (χ4v) is 2.41. The molecule has 1 aromatic rings. The highest BCUT2D eigenvalue weighted by molar-refractivity contribution is 5.37. The van der Waals surface area contributed by atoms with Gasteiger partial charge in [-0.05, 0) is 23.5 Å². The number of hydrogen-bond donors (Lipinski definition) is 1.